The molecule has 2 N–H and O–H groups in total. The van der Waals surface area contributed by atoms with E-state index < -0.39 is 11.7 Å². The van der Waals surface area contributed by atoms with E-state index in [0.29, 0.717) is 11.7 Å². The van der Waals surface area contributed by atoms with Crippen LogP contribution >= 0.6 is 0 Å². The van der Waals surface area contributed by atoms with E-state index in [0.717, 1.165) is 64.4 Å². The summed E-state index contributed by atoms with van der Waals surface area (Å²) in [4.78, 5) is 8.53. The smallest absolute Gasteiger partial charge is 0.351 e. The number of piperazine rings is 1. The van der Waals surface area contributed by atoms with Gasteiger partial charge in [-0.25, -0.2) is 4.98 Å². The monoisotopic (exact) mass is 408 g/mol. The van der Waals surface area contributed by atoms with Gasteiger partial charge >= 0.3 is 6.18 Å². The number of hydrogen-bond acceptors (Lipinski definition) is 5. The largest absolute Gasteiger partial charge is 0.417 e. The van der Waals surface area contributed by atoms with Crippen LogP contribution in [0.2, 0.25) is 0 Å². The topological polar surface area (TPSA) is 60.1 Å². The highest BCUT2D eigenvalue weighted by molar-refractivity contribution is 5.41. The van der Waals surface area contributed by atoms with Crippen molar-refractivity contribution in [2.75, 3.05) is 37.6 Å². The molecule has 29 heavy (non-hydrogen) atoms. The first-order chi connectivity index (χ1) is 13.9. The van der Waals surface area contributed by atoms with E-state index in [2.05, 4.69) is 37.2 Å². The Labute approximate surface area is 168 Å². The predicted molar refractivity (Wildman–Crippen MR) is 105 cm³/mol. The molecule has 4 rings (SSSR count). The molecule has 0 bridgehead atoms. The van der Waals surface area contributed by atoms with Gasteiger partial charge in [-0.05, 0) is 45.0 Å². The number of aromatic nitrogens is 3. The van der Waals surface area contributed by atoms with Crippen molar-refractivity contribution in [2.24, 2.45) is 0 Å². The van der Waals surface area contributed by atoms with E-state index in [1.165, 1.54) is 17.3 Å². The average molecular weight is 408 g/mol. The quantitative estimate of drug-likeness (QED) is 0.815. The maximum atomic E-state index is 12.8. The van der Waals surface area contributed by atoms with Crippen LogP contribution in [0.1, 0.15) is 42.5 Å². The lowest BCUT2D eigenvalue weighted by molar-refractivity contribution is -0.137. The first kappa shape index (κ1) is 20.2. The Bertz CT molecular complexity index is 797. The first-order valence-corrected chi connectivity index (χ1v) is 10.2. The molecule has 0 saturated carbocycles. The molecule has 0 amide bonds. The van der Waals surface area contributed by atoms with Crippen LogP contribution in [0, 0.1) is 0 Å². The maximum absolute atomic E-state index is 12.8. The van der Waals surface area contributed by atoms with Crippen LogP contribution < -0.4 is 10.2 Å². The van der Waals surface area contributed by atoms with Gasteiger partial charge in [0.2, 0.25) is 0 Å². The highest BCUT2D eigenvalue weighted by atomic mass is 19.4. The standard InChI is InChI=1S/C20H27F3N6/c1-14-12-28(13-16-10-26-27-19(16)15-4-6-24-7-5-15)8-9-29(14)18-3-2-17(11-25-18)20(21,22)23/h2-3,10-11,14-15,24H,4-9,12-13H2,1H3,(H,26,27). The van der Waals surface area contributed by atoms with Crippen molar-refractivity contribution >= 4 is 5.82 Å². The highest BCUT2D eigenvalue weighted by Gasteiger charge is 2.32. The van der Waals surface area contributed by atoms with Crippen LogP contribution in [-0.2, 0) is 12.7 Å². The van der Waals surface area contributed by atoms with Crippen LogP contribution in [0.3, 0.4) is 0 Å². The van der Waals surface area contributed by atoms with E-state index >= 15 is 0 Å². The van der Waals surface area contributed by atoms with Crippen molar-refractivity contribution in [2.45, 2.75) is 44.4 Å². The third-order valence-corrected chi connectivity index (χ3v) is 5.95. The van der Waals surface area contributed by atoms with Crippen LogP contribution in [0.15, 0.2) is 24.5 Å². The number of nitrogens with one attached hydrogen (secondary N) is 2. The Balaban J connectivity index is 1.38. The van der Waals surface area contributed by atoms with Gasteiger partial charge in [0.1, 0.15) is 5.82 Å². The van der Waals surface area contributed by atoms with Crippen molar-refractivity contribution in [3.63, 3.8) is 0 Å². The van der Waals surface area contributed by atoms with Gasteiger partial charge in [-0.2, -0.15) is 18.3 Å². The molecule has 9 heteroatoms. The molecule has 0 radical (unpaired) electrons. The van der Waals surface area contributed by atoms with Gasteiger partial charge in [0, 0.05) is 56.1 Å². The number of rotatable bonds is 4. The summed E-state index contributed by atoms with van der Waals surface area (Å²) in [5.41, 5.74) is 1.73. The fraction of sp³-hybridized carbons (Fsp3) is 0.600. The zero-order valence-electron chi connectivity index (χ0n) is 16.5. The van der Waals surface area contributed by atoms with Crippen molar-refractivity contribution in [3.8, 4) is 0 Å². The van der Waals surface area contributed by atoms with Gasteiger partial charge in [0.15, 0.2) is 0 Å². The molecule has 1 atom stereocenters. The zero-order valence-corrected chi connectivity index (χ0v) is 16.5. The third kappa shape index (κ3) is 4.56. The van der Waals surface area contributed by atoms with E-state index in [1.54, 1.807) is 0 Å². The van der Waals surface area contributed by atoms with E-state index in [4.69, 9.17) is 0 Å². The van der Waals surface area contributed by atoms with Gasteiger partial charge in [-0.1, -0.05) is 0 Å². The molecule has 4 heterocycles. The molecule has 2 aromatic heterocycles. The molecule has 2 fully saturated rings. The van der Waals surface area contributed by atoms with Gasteiger partial charge in [-0.3, -0.25) is 10.00 Å². The second-order valence-corrected chi connectivity index (χ2v) is 8.00. The SMILES string of the molecule is CC1CN(Cc2c[nH]nc2C2CCNCC2)CCN1c1ccc(C(F)(F)F)cn1. The highest BCUT2D eigenvalue weighted by Crippen LogP contribution is 2.30. The lowest BCUT2D eigenvalue weighted by Gasteiger charge is -2.40. The Kier molecular flexibility index (Phi) is 5.78. The Morgan fingerprint density at radius 3 is 2.62 bits per heavy atom. The Morgan fingerprint density at radius 1 is 1.17 bits per heavy atom. The average Bonchev–Trinajstić information content (AvgIpc) is 3.16. The number of H-pyrrole nitrogens is 1. The number of halogens is 3. The summed E-state index contributed by atoms with van der Waals surface area (Å²) in [5, 5.41) is 11.0. The Morgan fingerprint density at radius 2 is 1.97 bits per heavy atom. The summed E-state index contributed by atoms with van der Waals surface area (Å²) in [7, 11) is 0. The lowest BCUT2D eigenvalue weighted by atomic mass is 9.92. The van der Waals surface area contributed by atoms with Crippen molar-refractivity contribution in [1.82, 2.24) is 25.4 Å². The molecule has 2 aromatic rings. The molecule has 6 nitrogen and oxygen atoms in total. The summed E-state index contributed by atoms with van der Waals surface area (Å²) in [6.45, 7) is 7.41. The molecule has 0 aromatic carbocycles. The van der Waals surface area contributed by atoms with Gasteiger partial charge in [-0.15, -0.1) is 0 Å². The molecule has 158 valence electrons. The Hall–Kier alpha value is -2.13. The lowest BCUT2D eigenvalue weighted by Crippen LogP contribution is -2.52. The summed E-state index contributed by atoms with van der Waals surface area (Å²) < 4.78 is 38.3. The van der Waals surface area contributed by atoms with Crippen molar-refractivity contribution in [3.05, 3.63) is 41.3 Å². The number of anilines is 1. The molecule has 1 unspecified atom stereocenters. The van der Waals surface area contributed by atoms with Gasteiger partial charge in [0.05, 0.1) is 11.3 Å². The second kappa shape index (κ2) is 8.31. The maximum Gasteiger partial charge on any atom is 0.417 e. The fourth-order valence-electron chi connectivity index (χ4n) is 4.38. The molecule has 2 aliphatic heterocycles. The number of hydrogen-bond donors (Lipinski definition) is 2. The minimum absolute atomic E-state index is 0.169. The molecule has 0 spiro atoms. The first-order valence-electron chi connectivity index (χ1n) is 10.2. The minimum Gasteiger partial charge on any atom is -0.351 e. The number of nitrogens with zero attached hydrogens (tertiary/aromatic N) is 4. The minimum atomic E-state index is -4.35. The summed E-state index contributed by atoms with van der Waals surface area (Å²) in [6.07, 6.45) is 0.798. The molecule has 2 aliphatic rings. The summed E-state index contributed by atoms with van der Waals surface area (Å²) in [5.74, 6) is 1.11. The van der Waals surface area contributed by atoms with Crippen LogP contribution in [-0.4, -0.2) is 58.8 Å². The fourth-order valence-corrected chi connectivity index (χ4v) is 4.38. The van der Waals surface area contributed by atoms with E-state index in [-0.39, 0.29) is 6.04 Å². The normalized spacial score (nSPS) is 22.2. The van der Waals surface area contributed by atoms with Gasteiger partial charge < -0.3 is 10.2 Å². The molecule has 0 aliphatic carbocycles. The van der Waals surface area contributed by atoms with Crippen LogP contribution in [0.25, 0.3) is 0 Å². The van der Waals surface area contributed by atoms with Crippen molar-refractivity contribution < 1.29 is 13.2 Å². The predicted octanol–water partition coefficient (Wildman–Crippen LogP) is 3.00. The molecular formula is C20H27F3N6. The van der Waals surface area contributed by atoms with E-state index in [1.807, 2.05) is 6.20 Å². The second-order valence-electron chi connectivity index (χ2n) is 8.00. The van der Waals surface area contributed by atoms with Gasteiger partial charge in [0.25, 0.3) is 0 Å². The van der Waals surface area contributed by atoms with Crippen LogP contribution in [0.5, 0.6) is 0 Å². The number of alkyl halides is 3. The number of piperidine rings is 1. The molecule has 2 saturated heterocycles. The summed E-state index contributed by atoms with van der Waals surface area (Å²) >= 11 is 0. The van der Waals surface area contributed by atoms with E-state index in [9.17, 15) is 13.2 Å². The third-order valence-electron chi connectivity index (χ3n) is 5.95. The summed E-state index contributed by atoms with van der Waals surface area (Å²) in [6, 6.07) is 2.75. The van der Waals surface area contributed by atoms with Crippen molar-refractivity contribution in [1.29, 1.82) is 0 Å². The number of pyridine rings is 1. The van der Waals surface area contributed by atoms with Crippen LogP contribution in [0.4, 0.5) is 19.0 Å². The zero-order chi connectivity index (χ0) is 20.4. The molecular weight excluding hydrogens is 381 g/mol. The number of aromatic amines is 1.